The van der Waals surface area contributed by atoms with Gasteiger partial charge in [0.15, 0.2) is 0 Å². The average molecular weight is 881 g/mol. The number of nitrogens with one attached hydrogen (secondary N) is 2. The van der Waals surface area contributed by atoms with Gasteiger partial charge in [0, 0.05) is 36.3 Å². The van der Waals surface area contributed by atoms with Gasteiger partial charge in [-0.2, -0.15) is 39.5 Å². The van der Waals surface area contributed by atoms with Gasteiger partial charge in [-0.1, -0.05) is 0 Å². The molecule has 13 nitrogen and oxygen atoms in total. The first kappa shape index (κ1) is 55.9. The number of nitrogens with zero attached hydrogens (tertiary/aromatic N) is 3. The predicted octanol–water partition coefficient (Wildman–Crippen LogP) is 9.07. The Balaban J connectivity index is 0. The standard InChI is InChI=1S/C15H11F3N2O2.C10H7F3N2O.C7H6F3N.C5H6O2.C3H3NO2/c1-3-4-5-12(21)13(19-2)14(22)20-11-8-6-10(7-9-11)15(16,17)18;1-14-6-9(16)15-8-4-2-7(3-5-8)10(11,12)13;8-7(9,10)5-1-3-6(11)4-2-5;1-2-3-4-5(6)7;1-4-2-3(5)6/h1,6-9,21H,4-5H2,(H,20,22);2-5H,6H2,(H,15,16);1-4H,11H2;1H,3-4H2,(H,6,7);2H2,(H,5,6)/b13-12+;;;;. The number of benzene rings is 3. The molecule has 0 radical (unpaired) electrons. The number of amides is 2. The number of carboxylic acid groups (broad SMARTS) is 2. The van der Waals surface area contributed by atoms with Crippen molar-refractivity contribution in [3.8, 4) is 24.7 Å². The van der Waals surface area contributed by atoms with Gasteiger partial charge in [0.05, 0.1) is 29.7 Å². The van der Waals surface area contributed by atoms with Crippen molar-refractivity contribution in [3.63, 3.8) is 0 Å². The second-order valence-corrected chi connectivity index (χ2v) is 11.0. The van der Waals surface area contributed by atoms with Crippen LogP contribution in [0.15, 0.2) is 84.3 Å². The first-order valence-corrected chi connectivity index (χ1v) is 16.4. The second kappa shape index (κ2) is 28.3. The fourth-order valence-electron chi connectivity index (χ4n) is 3.42. The molecule has 0 unspecified atom stereocenters. The molecule has 22 heteroatoms. The molecular formula is C40H33F9N6O7. The van der Waals surface area contributed by atoms with Crippen molar-refractivity contribution in [2.75, 3.05) is 29.5 Å². The fourth-order valence-corrected chi connectivity index (χ4v) is 3.42. The number of aliphatic hydroxyl groups is 1. The molecule has 328 valence electrons. The van der Waals surface area contributed by atoms with E-state index in [0.29, 0.717) is 12.1 Å². The summed E-state index contributed by atoms with van der Waals surface area (Å²) >= 11 is 0. The molecule has 3 aromatic carbocycles. The summed E-state index contributed by atoms with van der Waals surface area (Å²) in [6.45, 7) is 18.5. The lowest BCUT2D eigenvalue weighted by Gasteiger charge is -2.09. The maximum atomic E-state index is 12.4. The first-order chi connectivity index (χ1) is 28.8. The quantitative estimate of drug-likeness (QED) is 0.0306. The first-order valence-electron chi connectivity index (χ1n) is 16.4. The van der Waals surface area contributed by atoms with E-state index < -0.39 is 77.0 Å². The summed E-state index contributed by atoms with van der Waals surface area (Å²) in [6.07, 6.45) is -2.83. The van der Waals surface area contributed by atoms with Crippen molar-refractivity contribution < 1.29 is 74.0 Å². The van der Waals surface area contributed by atoms with Gasteiger partial charge in [-0.25, -0.2) is 22.8 Å². The molecule has 0 aliphatic heterocycles. The molecule has 0 aliphatic rings. The number of aliphatic carboxylic acids is 2. The number of carbonyl (C=O) groups is 4. The lowest BCUT2D eigenvalue weighted by molar-refractivity contribution is -0.138. The molecule has 0 spiro atoms. The number of anilines is 3. The van der Waals surface area contributed by atoms with Gasteiger partial charge in [0.1, 0.15) is 5.76 Å². The van der Waals surface area contributed by atoms with Crippen molar-refractivity contribution in [1.29, 1.82) is 0 Å². The van der Waals surface area contributed by atoms with Crippen LogP contribution in [0.5, 0.6) is 0 Å². The molecule has 0 atom stereocenters. The molecule has 0 heterocycles. The summed E-state index contributed by atoms with van der Waals surface area (Å²) in [7, 11) is 0. The minimum atomic E-state index is -4.47. The maximum Gasteiger partial charge on any atom is 0.416 e. The summed E-state index contributed by atoms with van der Waals surface area (Å²) in [4.78, 5) is 50.2. The molecule has 2 amide bonds. The number of allylic oxidation sites excluding steroid dienone is 1. The highest BCUT2D eigenvalue weighted by Crippen LogP contribution is 2.31. The number of nitrogen functional groups attached to an aromatic ring is 1. The summed E-state index contributed by atoms with van der Waals surface area (Å²) in [5.74, 6) is 0.649. The molecule has 0 saturated heterocycles. The molecule has 7 N–H and O–H groups in total. The number of alkyl halides is 9. The van der Waals surface area contributed by atoms with Crippen molar-refractivity contribution in [2.45, 2.75) is 44.2 Å². The fraction of sp³-hybridized carbons (Fsp3) is 0.225. The van der Waals surface area contributed by atoms with Gasteiger partial charge in [0.2, 0.25) is 0 Å². The number of hydrogen-bond donors (Lipinski definition) is 6. The Morgan fingerprint density at radius 3 is 1.26 bits per heavy atom. The number of terminal acetylenes is 2. The van der Waals surface area contributed by atoms with E-state index in [1.807, 2.05) is 0 Å². The van der Waals surface area contributed by atoms with Crippen molar-refractivity contribution in [2.24, 2.45) is 0 Å². The summed E-state index contributed by atoms with van der Waals surface area (Å²) in [6, 6.07) is 12.1. The van der Waals surface area contributed by atoms with Crippen LogP contribution in [0.4, 0.5) is 56.6 Å². The molecule has 62 heavy (non-hydrogen) atoms. The molecule has 3 aromatic rings. The van der Waals surface area contributed by atoms with Gasteiger partial charge >= 0.3 is 42.9 Å². The summed E-state index contributed by atoms with van der Waals surface area (Å²) < 4.78 is 109. The van der Waals surface area contributed by atoms with Gasteiger partial charge in [-0.15, -0.1) is 24.7 Å². The van der Waals surface area contributed by atoms with E-state index in [-0.39, 0.29) is 37.2 Å². The number of aliphatic hydroxyl groups excluding tert-OH is 1. The molecule has 0 saturated carbocycles. The smallest absolute Gasteiger partial charge is 0.416 e. The monoisotopic (exact) mass is 880 g/mol. The maximum absolute atomic E-state index is 12.4. The Morgan fingerprint density at radius 2 is 0.968 bits per heavy atom. The molecule has 0 aliphatic carbocycles. The highest BCUT2D eigenvalue weighted by Gasteiger charge is 2.31. The largest absolute Gasteiger partial charge is 0.523 e. The summed E-state index contributed by atoms with van der Waals surface area (Å²) in [5, 5.41) is 29.8. The third-order valence-corrected chi connectivity index (χ3v) is 6.23. The number of carboxylic acids is 2. The Bertz CT molecular complexity index is 2170. The number of nitrogens with two attached hydrogens (primary N) is 1. The second-order valence-electron chi connectivity index (χ2n) is 11.0. The van der Waals surface area contributed by atoms with Crippen LogP contribution in [0, 0.1) is 44.4 Å². The predicted molar refractivity (Wildman–Crippen MR) is 207 cm³/mol. The normalized spacial score (nSPS) is 10.5. The third-order valence-electron chi connectivity index (χ3n) is 6.23. The van der Waals surface area contributed by atoms with Gasteiger partial charge in [0.25, 0.3) is 18.1 Å². The van der Waals surface area contributed by atoms with Gasteiger partial charge in [-0.3, -0.25) is 14.4 Å². The van der Waals surface area contributed by atoms with Crippen LogP contribution in [-0.4, -0.2) is 52.2 Å². The average Bonchev–Trinajstić information content (AvgIpc) is 3.17. The topological polar surface area (TPSA) is 192 Å². The van der Waals surface area contributed by atoms with Crippen LogP contribution in [0.2, 0.25) is 0 Å². The molecule has 0 fully saturated rings. The van der Waals surface area contributed by atoms with E-state index in [9.17, 15) is 63.8 Å². The number of carbonyl (C=O) groups excluding carboxylic acids is 2. The lowest BCUT2D eigenvalue weighted by atomic mass is 10.2. The number of hydrogen-bond acceptors (Lipinski definition) is 6. The van der Waals surface area contributed by atoms with E-state index in [1.165, 1.54) is 12.1 Å². The van der Waals surface area contributed by atoms with Crippen molar-refractivity contribution >= 4 is 40.8 Å². The Morgan fingerprint density at radius 1 is 0.597 bits per heavy atom. The van der Waals surface area contributed by atoms with E-state index in [2.05, 4.69) is 37.0 Å². The third kappa shape index (κ3) is 26.0. The zero-order chi connectivity index (χ0) is 48.1. The van der Waals surface area contributed by atoms with Crippen LogP contribution in [0.3, 0.4) is 0 Å². The molecular weight excluding hydrogens is 847 g/mol. The van der Waals surface area contributed by atoms with Crippen LogP contribution in [0.1, 0.15) is 42.4 Å². The zero-order valence-electron chi connectivity index (χ0n) is 31.6. The van der Waals surface area contributed by atoms with Crippen LogP contribution in [0.25, 0.3) is 14.5 Å². The number of rotatable bonds is 9. The summed E-state index contributed by atoms with van der Waals surface area (Å²) in [5.41, 5.74) is 2.98. The molecule has 0 aromatic heterocycles. The van der Waals surface area contributed by atoms with Crippen LogP contribution >= 0.6 is 0 Å². The van der Waals surface area contributed by atoms with Crippen molar-refractivity contribution in [1.82, 2.24) is 0 Å². The molecule has 0 bridgehead atoms. The zero-order valence-corrected chi connectivity index (χ0v) is 31.6. The highest BCUT2D eigenvalue weighted by atomic mass is 19.4. The van der Waals surface area contributed by atoms with E-state index >= 15 is 0 Å². The van der Waals surface area contributed by atoms with E-state index in [0.717, 1.165) is 60.7 Å². The Kier molecular flexibility index (Phi) is 25.5. The Labute approximate surface area is 348 Å². The lowest BCUT2D eigenvalue weighted by Crippen LogP contribution is -2.15. The molecule has 3 rings (SSSR count). The van der Waals surface area contributed by atoms with Crippen LogP contribution in [-0.2, 0) is 37.7 Å². The minimum absolute atomic E-state index is 0.0331. The Hall–Kier alpha value is -8.16. The minimum Gasteiger partial charge on any atom is -0.523 e. The van der Waals surface area contributed by atoms with Gasteiger partial charge < -0.3 is 41.4 Å². The van der Waals surface area contributed by atoms with E-state index in [1.54, 1.807) is 0 Å². The van der Waals surface area contributed by atoms with Crippen LogP contribution < -0.4 is 16.4 Å². The van der Waals surface area contributed by atoms with Gasteiger partial charge in [-0.05, 0) is 72.8 Å². The van der Waals surface area contributed by atoms with E-state index in [4.69, 9.17) is 48.5 Å². The SMILES string of the molecule is C#CCCC(=O)O.Nc1ccc(C(F)(F)F)cc1.[C-]#[N+]/C(C(=O)Nc1ccc(C(F)(F)F)cc1)=C(/O)CCC#C.[C-]#[N+]CC(=O)Nc1ccc(C(F)(F)F)cc1.[C-]#[N+]CC(=O)O. The van der Waals surface area contributed by atoms with Crippen molar-refractivity contribution in [3.05, 3.63) is 135 Å². The highest BCUT2D eigenvalue weighted by molar-refractivity contribution is 6.05. The number of halogens is 9.